The highest BCUT2D eigenvalue weighted by molar-refractivity contribution is 7.99. The molecule has 0 spiro atoms. The molecule has 6 heteroatoms. The molecule has 0 radical (unpaired) electrons. The number of fused-ring (bicyclic) bond motifs is 1. The van der Waals surface area contributed by atoms with Gasteiger partial charge in [-0.25, -0.2) is 9.78 Å². The standard InChI is InChI=1S/C16H13NO3S2/c18-15(19)16(20-12-6-2-1-3-7-12)21-9-11-5-4-8-13-14(11)17-10-22-13/h1-8,10,16H,9H2,(H,18,19). The first-order chi connectivity index (χ1) is 10.7. The number of thioether (sulfide) groups is 1. The molecule has 0 aliphatic heterocycles. The van der Waals surface area contributed by atoms with Gasteiger partial charge < -0.3 is 9.84 Å². The second-order valence-electron chi connectivity index (χ2n) is 4.53. The first kappa shape index (κ1) is 14.9. The van der Waals surface area contributed by atoms with Crippen LogP contribution in [0.3, 0.4) is 0 Å². The zero-order chi connectivity index (χ0) is 15.4. The third-order valence-electron chi connectivity index (χ3n) is 3.02. The van der Waals surface area contributed by atoms with Gasteiger partial charge in [0.25, 0.3) is 0 Å². The summed E-state index contributed by atoms with van der Waals surface area (Å²) in [6.45, 7) is 0. The number of rotatable bonds is 6. The van der Waals surface area contributed by atoms with Gasteiger partial charge in [0.1, 0.15) is 5.75 Å². The lowest BCUT2D eigenvalue weighted by Gasteiger charge is -2.14. The molecule has 0 amide bonds. The fraction of sp³-hybridized carbons (Fsp3) is 0.125. The van der Waals surface area contributed by atoms with Crippen molar-refractivity contribution >= 4 is 39.3 Å². The van der Waals surface area contributed by atoms with E-state index in [2.05, 4.69) is 4.98 Å². The zero-order valence-electron chi connectivity index (χ0n) is 11.5. The Kier molecular flexibility index (Phi) is 4.60. The van der Waals surface area contributed by atoms with Crippen LogP contribution in [0.2, 0.25) is 0 Å². The molecule has 3 rings (SSSR count). The number of aromatic nitrogens is 1. The van der Waals surface area contributed by atoms with Crippen LogP contribution in [0.25, 0.3) is 10.2 Å². The number of thiazole rings is 1. The molecule has 0 aliphatic rings. The summed E-state index contributed by atoms with van der Waals surface area (Å²) < 4.78 is 6.64. The molecular weight excluding hydrogens is 318 g/mol. The molecule has 1 aromatic heterocycles. The van der Waals surface area contributed by atoms with Crippen LogP contribution in [0, 0.1) is 0 Å². The van der Waals surface area contributed by atoms with E-state index in [1.54, 1.807) is 29.0 Å². The van der Waals surface area contributed by atoms with E-state index in [0.29, 0.717) is 11.5 Å². The Bertz CT molecular complexity index is 773. The molecule has 0 saturated carbocycles. The van der Waals surface area contributed by atoms with E-state index in [9.17, 15) is 9.90 Å². The van der Waals surface area contributed by atoms with Gasteiger partial charge in [-0.3, -0.25) is 0 Å². The minimum atomic E-state index is -0.987. The second-order valence-corrected chi connectivity index (χ2v) is 6.46. The lowest BCUT2D eigenvalue weighted by molar-refractivity contribution is -0.140. The number of aliphatic carboxylic acids is 1. The van der Waals surface area contributed by atoms with E-state index in [-0.39, 0.29) is 0 Å². The Morgan fingerprint density at radius 1 is 1.23 bits per heavy atom. The number of benzene rings is 2. The topological polar surface area (TPSA) is 59.4 Å². The number of carboxylic acid groups (broad SMARTS) is 1. The summed E-state index contributed by atoms with van der Waals surface area (Å²) in [4.78, 5) is 15.7. The van der Waals surface area contributed by atoms with Gasteiger partial charge in [-0.1, -0.05) is 30.3 Å². The number of para-hydroxylation sites is 2. The summed E-state index contributed by atoms with van der Waals surface area (Å²) in [6, 6.07) is 14.9. The Hall–Kier alpha value is -2.05. The molecule has 0 bridgehead atoms. The molecule has 1 heterocycles. The van der Waals surface area contributed by atoms with Gasteiger partial charge in [0.05, 0.1) is 15.7 Å². The fourth-order valence-corrected chi connectivity index (χ4v) is 3.62. The molecule has 22 heavy (non-hydrogen) atoms. The van der Waals surface area contributed by atoms with E-state index in [0.717, 1.165) is 15.8 Å². The first-order valence-electron chi connectivity index (χ1n) is 6.61. The highest BCUT2D eigenvalue weighted by atomic mass is 32.2. The average molecular weight is 331 g/mol. The fourth-order valence-electron chi connectivity index (χ4n) is 2.01. The van der Waals surface area contributed by atoms with Gasteiger partial charge >= 0.3 is 5.97 Å². The molecule has 1 atom stereocenters. The number of nitrogens with zero attached hydrogens (tertiary/aromatic N) is 1. The molecule has 112 valence electrons. The Labute approximate surface area is 135 Å². The molecule has 1 N–H and O–H groups in total. The van der Waals surface area contributed by atoms with Gasteiger partial charge in [0.2, 0.25) is 5.44 Å². The summed E-state index contributed by atoms with van der Waals surface area (Å²) in [5.74, 6) is 0.0961. The van der Waals surface area contributed by atoms with E-state index in [4.69, 9.17) is 4.74 Å². The first-order valence-corrected chi connectivity index (χ1v) is 8.54. The predicted molar refractivity (Wildman–Crippen MR) is 89.4 cm³/mol. The zero-order valence-corrected chi connectivity index (χ0v) is 13.1. The Morgan fingerprint density at radius 2 is 2.05 bits per heavy atom. The van der Waals surface area contributed by atoms with Crippen molar-refractivity contribution in [3.63, 3.8) is 0 Å². The molecule has 0 aliphatic carbocycles. The summed E-state index contributed by atoms with van der Waals surface area (Å²) >= 11 is 2.82. The second kappa shape index (κ2) is 6.81. The lowest BCUT2D eigenvalue weighted by Crippen LogP contribution is -2.23. The highest BCUT2D eigenvalue weighted by Gasteiger charge is 2.20. The Morgan fingerprint density at radius 3 is 2.82 bits per heavy atom. The van der Waals surface area contributed by atoms with E-state index < -0.39 is 11.4 Å². The predicted octanol–water partition coefficient (Wildman–Crippen LogP) is 4.02. The number of hydrogen-bond donors (Lipinski definition) is 1. The van der Waals surface area contributed by atoms with Gasteiger partial charge in [-0.2, -0.15) is 0 Å². The highest BCUT2D eigenvalue weighted by Crippen LogP contribution is 2.27. The van der Waals surface area contributed by atoms with Gasteiger partial charge in [0.15, 0.2) is 0 Å². The summed E-state index contributed by atoms with van der Waals surface area (Å²) in [5, 5.41) is 9.33. The van der Waals surface area contributed by atoms with Crippen LogP contribution >= 0.6 is 23.1 Å². The number of ether oxygens (including phenoxy) is 1. The van der Waals surface area contributed by atoms with Crippen LogP contribution in [0.15, 0.2) is 54.0 Å². The van der Waals surface area contributed by atoms with E-state index >= 15 is 0 Å². The maximum atomic E-state index is 11.4. The van der Waals surface area contributed by atoms with Crippen LogP contribution in [-0.4, -0.2) is 21.5 Å². The quantitative estimate of drug-likeness (QED) is 0.691. The van der Waals surface area contributed by atoms with Crippen LogP contribution < -0.4 is 4.74 Å². The molecular formula is C16H13NO3S2. The molecule has 2 aromatic carbocycles. The van der Waals surface area contributed by atoms with Crippen molar-refractivity contribution in [1.29, 1.82) is 0 Å². The van der Waals surface area contributed by atoms with Crippen LogP contribution in [0.4, 0.5) is 0 Å². The van der Waals surface area contributed by atoms with Crippen molar-refractivity contribution in [2.24, 2.45) is 0 Å². The third kappa shape index (κ3) is 3.40. The number of carboxylic acids is 1. The maximum Gasteiger partial charge on any atom is 0.355 e. The van der Waals surface area contributed by atoms with Crippen LogP contribution in [0.1, 0.15) is 5.56 Å². The monoisotopic (exact) mass is 331 g/mol. The number of carbonyl (C=O) groups is 1. The van der Waals surface area contributed by atoms with Crippen molar-refractivity contribution < 1.29 is 14.6 Å². The van der Waals surface area contributed by atoms with Crippen molar-refractivity contribution in [2.45, 2.75) is 11.2 Å². The minimum Gasteiger partial charge on any atom is -0.478 e. The van der Waals surface area contributed by atoms with Crippen molar-refractivity contribution in [1.82, 2.24) is 4.98 Å². The average Bonchev–Trinajstić information content (AvgIpc) is 3.01. The SMILES string of the molecule is O=C(O)C(Oc1ccccc1)SCc1cccc2scnc12. The largest absolute Gasteiger partial charge is 0.478 e. The summed E-state index contributed by atoms with van der Waals surface area (Å²) in [6.07, 6.45) is 0. The smallest absolute Gasteiger partial charge is 0.355 e. The van der Waals surface area contributed by atoms with Crippen molar-refractivity contribution in [2.75, 3.05) is 0 Å². The van der Waals surface area contributed by atoms with Crippen molar-refractivity contribution in [3.05, 3.63) is 59.6 Å². The Balaban J connectivity index is 1.72. The number of hydrogen-bond acceptors (Lipinski definition) is 5. The van der Waals surface area contributed by atoms with Gasteiger partial charge in [-0.15, -0.1) is 23.1 Å². The lowest BCUT2D eigenvalue weighted by atomic mass is 10.2. The molecule has 4 nitrogen and oxygen atoms in total. The molecule has 1 unspecified atom stereocenters. The van der Waals surface area contributed by atoms with E-state index in [1.807, 2.05) is 36.4 Å². The van der Waals surface area contributed by atoms with Gasteiger partial charge in [0, 0.05) is 5.75 Å². The minimum absolute atomic E-state index is 0.533. The molecule has 0 saturated heterocycles. The van der Waals surface area contributed by atoms with Gasteiger partial charge in [-0.05, 0) is 23.8 Å². The van der Waals surface area contributed by atoms with Crippen LogP contribution in [0.5, 0.6) is 5.75 Å². The van der Waals surface area contributed by atoms with E-state index in [1.165, 1.54) is 11.8 Å². The maximum absolute atomic E-state index is 11.4. The van der Waals surface area contributed by atoms with Crippen molar-refractivity contribution in [3.8, 4) is 5.75 Å². The normalized spacial score (nSPS) is 12.2. The molecule has 3 aromatic rings. The summed E-state index contributed by atoms with van der Waals surface area (Å²) in [7, 11) is 0. The third-order valence-corrected chi connectivity index (χ3v) is 4.89. The molecule has 0 fully saturated rings. The van der Waals surface area contributed by atoms with Crippen LogP contribution in [-0.2, 0) is 10.5 Å². The summed E-state index contributed by atoms with van der Waals surface area (Å²) in [5.41, 5.74) is 2.81.